The maximum absolute atomic E-state index is 13.1. The molecule has 33 heavy (non-hydrogen) atoms. The number of piperidine rings is 1. The molecule has 1 N–H and O–H groups in total. The predicted molar refractivity (Wildman–Crippen MR) is 133 cm³/mol. The first kappa shape index (κ1) is 21.7. The van der Waals surface area contributed by atoms with Crippen molar-refractivity contribution in [3.05, 3.63) is 59.9 Å². The summed E-state index contributed by atoms with van der Waals surface area (Å²) in [6.45, 7) is 3.96. The number of amides is 1. The minimum Gasteiger partial charge on any atom is -0.371 e. The third-order valence-electron chi connectivity index (χ3n) is 6.59. The smallest absolute Gasteiger partial charge is 0.255 e. The molecular weight excluding hydrogens is 436 g/mol. The highest BCUT2D eigenvalue weighted by atomic mass is 32.2. The summed E-state index contributed by atoms with van der Waals surface area (Å²) in [6.07, 6.45) is 9.04. The normalized spacial score (nSPS) is 18.4. The van der Waals surface area contributed by atoms with E-state index < -0.39 is 10.0 Å². The molecule has 1 fully saturated rings. The molecular formula is C25H28N4O3S. The molecule has 2 aromatic carbocycles. The van der Waals surface area contributed by atoms with E-state index in [1.54, 1.807) is 30.6 Å². The van der Waals surface area contributed by atoms with Crippen molar-refractivity contribution in [1.29, 1.82) is 0 Å². The van der Waals surface area contributed by atoms with E-state index in [2.05, 4.69) is 21.3 Å². The Morgan fingerprint density at radius 2 is 1.79 bits per heavy atom. The van der Waals surface area contributed by atoms with Crippen LogP contribution in [0.1, 0.15) is 42.1 Å². The number of anilines is 3. The second-order valence-corrected chi connectivity index (χ2v) is 10.9. The van der Waals surface area contributed by atoms with Crippen LogP contribution < -0.4 is 14.5 Å². The maximum Gasteiger partial charge on any atom is 0.255 e. The molecule has 5 rings (SSSR count). The molecule has 1 saturated heterocycles. The van der Waals surface area contributed by atoms with Gasteiger partial charge in [-0.25, -0.2) is 8.42 Å². The van der Waals surface area contributed by atoms with Gasteiger partial charge in [-0.05, 0) is 74.6 Å². The minimum atomic E-state index is -3.36. The predicted octanol–water partition coefficient (Wildman–Crippen LogP) is 4.19. The van der Waals surface area contributed by atoms with Gasteiger partial charge in [-0.15, -0.1) is 0 Å². The molecule has 8 heteroatoms. The van der Waals surface area contributed by atoms with Crippen LogP contribution >= 0.6 is 0 Å². The molecule has 2 aliphatic heterocycles. The number of carbonyl (C=O) groups is 1. The monoisotopic (exact) mass is 464 g/mol. The lowest BCUT2D eigenvalue weighted by Crippen LogP contribution is -2.34. The molecule has 0 radical (unpaired) electrons. The maximum atomic E-state index is 13.1. The number of pyridine rings is 1. The zero-order valence-corrected chi connectivity index (χ0v) is 19.7. The van der Waals surface area contributed by atoms with E-state index in [1.807, 2.05) is 19.1 Å². The second kappa shape index (κ2) is 8.33. The number of benzene rings is 2. The fourth-order valence-electron chi connectivity index (χ4n) is 5.14. The molecule has 0 saturated carbocycles. The van der Waals surface area contributed by atoms with Gasteiger partial charge in [-0.3, -0.25) is 14.1 Å². The average Bonchev–Trinajstić information content (AvgIpc) is 3.15. The first-order valence-corrected chi connectivity index (χ1v) is 13.2. The van der Waals surface area contributed by atoms with Crippen LogP contribution in [0.4, 0.5) is 17.1 Å². The van der Waals surface area contributed by atoms with Gasteiger partial charge in [0.2, 0.25) is 10.0 Å². The zero-order chi connectivity index (χ0) is 23.2. The summed E-state index contributed by atoms with van der Waals surface area (Å²) in [5, 5.41) is 5.04. The summed E-state index contributed by atoms with van der Waals surface area (Å²) in [5.74, 6) is -0.223. The topological polar surface area (TPSA) is 82.6 Å². The number of sulfonamides is 1. The molecule has 1 aromatic heterocycles. The summed E-state index contributed by atoms with van der Waals surface area (Å²) in [7, 11) is -3.36. The van der Waals surface area contributed by atoms with Gasteiger partial charge < -0.3 is 10.2 Å². The first-order chi connectivity index (χ1) is 15.8. The van der Waals surface area contributed by atoms with E-state index in [1.165, 1.54) is 35.5 Å². The molecule has 2 aliphatic rings. The van der Waals surface area contributed by atoms with Crippen LogP contribution in [0.15, 0.2) is 48.8 Å². The summed E-state index contributed by atoms with van der Waals surface area (Å²) in [5.41, 5.74) is 3.93. The Hall–Kier alpha value is -3.13. The van der Waals surface area contributed by atoms with Crippen molar-refractivity contribution in [3.63, 3.8) is 0 Å². The summed E-state index contributed by atoms with van der Waals surface area (Å²) in [6, 6.07) is 11.1. The molecule has 172 valence electrons. The molecule has 0 spiro atoms. The van der Waals surface area contributed by atoms with Gasteiger partial charge in [0.1, 0.15) is 0 Å². The third kappa shape index (κ3) is 4.04. The highest BCUT2D eigenvalue weighted by Crippen LogP contribution is 2.36. The Morgan fingerprint density at radius 3 is 2.55 bits per heavy atom. The second-order valence-electron chi connectivity index (χ2n) is 9.01. The minimum absolute atomic E-state index is 0.161. The van der Waals surface area contributed by atoms with Crippen LogP contribution in [0, 0.1) is 0 Å². The van der Waals surface area contributed by atoms with Crippen LogP contribution in [-0.2, 0) is 16.4 Å². The number of rotatable bonds is 4. The van der Waals surface area contributed by atoms with Gasteiger partial charge in [0.25, 0.3) is 5.91 Å². The van der Waals surface area contributed by atoms with Gasteiger partial charge in [0.15, 0.2) is 0 Å². The molecule has 1 amide bonds. The van der Waals surface area contributed by atoms with Gasteiger partial charge in [0.05, 0.1) is 17.6 Å². The molecule has 3 heterocycles. The number of carbonyl (C=O) groups excluding carboxylic acids is 1. The molecule has 1 unspecified atom stereocenters. The number of hydrogen-bond acceptors (Lipinski definition) is 5. The SMILES string of the molecule is CC1Cc2cc(C(=O)Nc3ccc(N4CCCCC4)c4ccncc34)ccc2N1S(C)(=O)=O. The van der Waals surface area contributed by atoms with E-state index in [-0.39, 0.29) is 11.9 Å². The molecule has 3 aromatic rings. The Kier molecular flexibility index (Phi) is 5.48. The van der Waals surface area contributed by atoms with Crippen LogP contribution in [0.5, 0.6) is 0 Å². The number of nitrogens with zero attached hydrogens (tertiary/aromatic N) is 3. The van der Waals surface area contributed by atoms with Crippen molar-refractivity contribution in [1.82, 2.24) is 4.98 Å². The Balaban J connectivity index is 1.44. The summed E-state index contributed by atoms with van der Waals surface area (Å²) >= 11 is 0. The molecule has 1 atom stereocenters. The zero-order valence-electron chi connectivity index (χ0n) is 18.9. The van der Waals surface area contributed by atoms with Crippen molar-refractivity contribution in [2.75, 3.05) is 33.9 Å². The lowest BCUT2D eigenvalue weighted by Gasteiger charge is -2.30. The number of fused-ring (bicyclic) bond motifs is 2. The molecule has 0 bridgehead atoms. The van der Waals surface area contributed by atoms with Gasteiger partial charge >= 0.3 is 0 Å². The Labute approximate surface area is 194 Å². The number of aromatic nitrogens is 1. The van der Waals surface area contributed by atoms with E-state index >= 15 is 0 Å². The van der Waals surface area contributed by atoms with E-state index in [0.717, 1.165) is 35.1 Å². The van der Waals surface area contributed by atoms with E-state index in [0.29, 0.717) is 17.7 Å². The first-order valence-electron chi connectivity index (χ1n) is 11.4. The fourth-order valence-corrected chi connectivity index (χ4v) is 6.40. The van der Waals surface area contributed by atoms with Crippen molar-refractivity contribution < 1.29 is 13.2 Å². The van der Waals surface area contributed by atoms with E-state index in [4.69, 9.17) is 0 Å². The van der Waals surface area contributed by atoms with Crippen LogP contribution in [0.2, 0.25) is 0 Å². The lowest BCUT2D eigenvalue weighted by atomic mass is 10.0. The van der Waals surface area contributed by atoms with Crippen LogP contribution in [-0.4, -0.2) is 44.7 Å². The lowest BCUT2D eigenvalue weighted by molar-refractivity contribution is 0.102. The van der Waals surface area contributed by atoms with Gasteiger partial charge in [-0.1, -0.05) is 0 Å². The molecule has 7 nitrogen and oxygen atoms in total. The van der Waals surface area contributed by atoms with E-state index in [9.17, 15) is 13.2 Å². The highest BCUT2D eigenvalue weighted by molar-refractivity contribution is 7.92. The van der Waals surface area contributed by atoms with Crippen LogP contribution in [0.25, 0.3) is 10.8 Å². The average molecular weight is 465 g/mol. The third-order valence-corrected chi connectivity index (χ3v) is 7.86. The standard InChI is InChI=1S/C25H28N4O3S/c1-17-14-19-15-18(6-8-23(19)29(17)33(2,31)32)25(30)27-22-7-9-24(28-12-4-3-5-13-28)20-10-11-26-16-21(20)22/h6-11,15-17H,3-5,12-14H2,1-2H3,(H,27,30). The fraction of sp³-hybridized carbons (Fsp3) is 0.360. The highest BCUT2D eigenvalue weighted by Gasteiger charge is 2.32. The number of nitrogens with one attached hydrogen (secondary N) is 1. The van der Waals surface area contributed by atoms with Crippen molar-refractivity contribution in [3.8, 4) is 0 Å². The van der Waals surface area contributed by atoms with Crippen molar-refractivity contribution in [2.45, 2.75) is 38.6 Å². The Bertz CT molecular complexity index is 1330. The Morgan fingerprint density at radius 1 is 1.03 bits per heavy atom. The van der Waals surface area contributed by atoms with Gasteiger partial charge in [-0.2, -0.15) is 0 Å². The van der Waals surface area contributed by atoms with Crippen molar-refractivity contribution >= 4 is 43.8 Å². The quantitative estimate of drug-likeness (QED) is 0.626. The van der Waals surface area contributed by atoms with Crippen molar-refractivity contribution in [2.24, 2.45) is 0 Å². The largest absolute Gasteiger partial charge is 0.371 e. The number of hydrogen-bond donors (Lipinski definition) is 1. The van der Waals surface area contributed by atoms with Gasteiger partial charge in [0, 0.05) is 53.5 Å². The van der Waals surface area contributed by atoms with Crippen LogP contribution in [0.3, 0.4) is 0 Å². The summed E-state index contributed by atoms with van der Waals surface area (Å²) < 4.78 is 25.8. The summed E-state index contributed by atoms with van der Waals surface area (Å²) in [4.78, 5) is 19.8. The molecule has 0 aliphatic carbocycles.